The molecule has 1 aliphatic rings. The quantitative estimate of drug-likeness (QED) is 0.537. The average molecular weight is 394 g/mol. The minimum absolute atomic E-state index is 0.155. The first-order valence-electron chi connectivity index (χ1n) is 9.10. The van der Waals surface area contributed by atoms with Crippen LogP contribution in [0.25, 0.3) is 17.0 Å². The Morgan fingerprint density at radius 2 is 2.10 bits per heavy atom. The highest BCUT2D eigenvalue weighted by Crippen LogP contribution is 2.38. The lowest BCUT2D eigenvalue weighted by atomic mass is 10.0. The Morgan fingerprint density at radius 3 is 2.90 bits per heavy atom. The molecular formula is C18H18N8O3. The molecule has 0 aromatic carbocycles. The van der Waals surface area contributed by atoms with E-state index in [0.717, 1.165) is 22.5 Å². The Morgan fingerprint density at radius 1 is 1.24 bits per heavy atom. The topological polar surface area (TPSA) is 137 Å². The summed E-state index contributed by atoms with van der Waals surface area (Å²) in [4.78, 5) is 28.1. The number of fused-ring (bicyclic) bond motifs is 2. The third-order valence-electron chi connectivity index (χ3n) is 5.07. The van der Waals surface area contributed by atoms with Crippen LogP contribution >= 0.6 is 0 Å². The molecule has 2 N–H and O–H groups in total. The van der Waals surface area contributed by atoms with Gasteiger partial charge in [0.05, 0.1) is 36.8 Å². The van der Waals surface area contributed by atoms with Gasteiger partial charge >= 0.3 is 0 Å². The number of ether oxygens (including phenoxy) is 1. The lowest BCUT2D eigenvalue weighted by Gasteiger charge is -2.24. The number of anilines is 1. The van der Waals surface area contributed by atoms with Crippen LogP contribution in [-0.2, 0) is 16.1 Å². The van der Waals surface area contributed by atoms with E-state index in [-0.39, 0.29) is 12.3 Å². The lowest BCUT2D eigenvalue weighted by molar-refractivity contribution is -0.120. The monoisotopic (exact) mass is 394 g/mol. The van der Waals surface area contributed by atoms with Crippen LogP contribution in [0.4, 0.5) is 5.82 Å². The van der Waals surface area contributed by atoms with Crippen LogP contribution in [-0.4, -0.2) is 40.8 Å². The van der Waals surface area contributed by atoms with E-state index in [0.29, 0.717) is 35.2 Å². The van der Waals surface area contributed by atoms with Gasteiger partial charge in [-0.3, -0.25) is 4.79 Å². The van der Waals surface area contributed by atoms with E-state index in [4.69, 9.17) is 9.26 Å². The lowest BCUT2D eigenvalue weighted by Crippen LogP contribution is -2.26. The molecule has 0 radical (unpaired) electrons. The highest BCUT2D eigenvalue weighted by Gasteiger charge is 2.33. The number of nitrogens with one attached hydrogen (secondary N) is 2. The predicted molar refractivity (Wildman–Crippen MR) is 100 cm³/mol. The molecule has 0 aliphatic carbocycles. The van der Waals surface area contributed by atoms with E-state index >= 15 is 0 Å². The van der Waals surface area contributed by atoms with E-state index in [1.165, 1.54) is 6.33 Å². The zero-order valence-electron chi connectivity index (χ0n) is 16.1. The molecule has 0 saturated heterocycles. The van der Waals surface area contributed by atoms with Crippen molar-refractivity contribution in [1.82, 2.24) is 34.9 Å². The highest BCUT2D eigenvalue weighted by atomic mass is 16.5. The fourth-order valence-corrected chi connectivity index (χ4v) is 3.60. The molecule has 5 rings (SSSR count). The van der Waals surface area contributed by atoms with Gasteiger partial charge in [-0.2, -0.15) is 9.78 Å². The summed E-state index contributed by atoms with van der Waals surface area (Å²) in [5.74, 6) is 1.59. The number of aromatic amines is 1. The van der Waals surface area contributed by atoms with E-state index in [9.17, 15) is 4.79 Å². The average Bonchev–Trinajstić information content (AvgIpc) is 3.38. The van der Waals surface area contributed by atoms with Gasteiger partial charge < -0.3 is 19.6 Å². The molecule has 1 atom stereocenters. The third kappa shape index (κ3) is 2.78. The van der Waals surface area contributed by atoms with E-state index < -0.39 is 6.10 Å². The molecule has 11 heteroatoms. The Labute approximate surface area is 164 Å². The van der Waals surface area contributed by atoms with Gasteiger partial charge in [-0.25, -0.2) is 15.0 Å². The second-order valence-corrected chi connectivity index (χ2v) is 6.91. The molecule has 5 heterocycles. The maximum atomic E-state index is 12.4. The van der Waals surface area contributed by atoms with Crippen LogP contribution in [0.3, 0.4) is 0 Å². The Bertz CT molecular complexity index is 1220. The van der Waals surface area contributed by atoms with Crippen molar-refractivity contribution in [2.75, 3.05) is 5.32 Å². The minimum atomic E-state index is -0.444. The van der Waals surface area contributed by atoms with Crippen LogP contribution < -0.4 is 5.32 Å². The number of carbonyl (C=O) groups is 1. The molecule has 148 valence electrons. The molecule has 1 aliphatic heterocycles. The van der Waals surface area contributed by atoms with Crippen molar-refractivity contribution in [3.63, 3.8) is 0 Å². The van der Waals surface area contributed by atoms with Crippen LogP contribution in [0.15, 0.2) is 17.2 Å². The molecule has 0 spiro atoms. The number of H-pyrrole nitrogens is 1. The first-order chi connectivity index (χ1) is 14.0. The summed E-state index contributed by atoms with van der Waals surface area (Å²) in [6.45, 7) is 5.87. The van der Waals surface area contributed by atoms with E-state index in [1.807, 2.05) is 20.8 Å². The molecule has 4 aromatic heterocycles. The predicted octanol–water partition coefficient (Wildman–Crippen LogP) is 2.05. The van der Waals surface area contributed by atoms with Crippen molar-refractivity contribution in [1.29, 1.82) is 0 Å². The normalized spacial score (nSPS) is 16.2. The molecule has 0 bridgehead atoms. The number of aryl methyl sites for hydroxylation is 3. The molecule has 4 aromatic rings. The first kappa shape index (κ1) is 17.5. The second-order valence-electron chi connectivity index (χ2n) is 6.91. The minimum Gasteiger partial charge on any atom is -0.368 e. The summed E-state index contributed by atoms with van der Waals surface area (Å²) in [7, 11) is 0. The summed E-state index contributed by atoms with van der Waals surface area (Å²) in [6.07, 6.45) is 2.71. The van der Waals surface area contributed by atoms with Gasteiger partial charge in [0.1, 0.15) is 23.4 Å². The molecule has 1 unspecified atom stereocenters. The standard InChI is InChI=1S/C18H18N8O3/c1-8-11(10(3)29-25-8)5-28-12-4-13(27)23-17-14(12)9(2)24-26(17)18-15-16(20-6-19-15)21-7-22-18/h6-7,12H,4-5H2,1-3H3,(H,23,27)(H,19,20,21,22). The van der Waals surface area contributed by atoms with Crippen molar-refractivity contribution in [3.8, 4) is 5.82 Å². The van der Waals surface area contributed by atoms with Gasteiger partial charge in [0.25, 0.3) is 0 Å². The first-order valence-corrected chi connectivity index (χ1v) is 9.10. The molecular weight excluding hydrogens is 376 g/mol. The van der Waals surface area contributed by atoms with Crippen LogP contribution in [0.5, 0.6) is 0 Å². The van der Waals surface area contributed by atoms with Crippen molar-refractivity contribution in [2.24, 2.45) is 0 Å². The number of amides is 1. The van der Waals surface area contributed by atoms with Crippen LogP contribution in [0.1, 0.15) is 40.8 Å². The summed E-state index contributed by atoms with van der Waals surface area (Å²) < 4.78 is 12.9. The smallest absolute Gasteiger partial charge is 0.228 e. The van der Waals surface area contributed by atoms with Crippen molar-refractivity contribution >= 4 is 22.9 Å². The molecule has 29 heavy (non-hydrogen) atoms. The second kappa shape index (κ2) is 6.48. The highest BCUT2D eigenvalue weighted by molar-refractivity contribution is 5.94. The molecule has 0 fully saturated rings. The third-order valence-corrected chi connectivity index (χ3v) is 5.07. The largest absolute Gasteiger partial charge is 0.368 e. The zero-order valence-corrected chi connectivity index (χ0v) is 16.1. The Kier molecular flexibility index (Phi) is 3.91. The fourth-order valence-electron chi connectivity index (χ4n) is 3.60. The Hall–Kier alpha value is -3.60. The van der Waals surface area contributed by atoms with Crippen molar-refractivity contribution in [2.45, 2.75) is 39.9 Å². The number of carbonyl (C=O) groups excluding carboxylic acids is 1. The number of hydrogen-bond acceptors (Lipinski definition) is 8. The van der Waals surface area contributed by atoms with Gasteiger partial charge in [-0.15, -0.1) is 0 Å². The molecule has 0 saturated carbocycles. The maximum absolute atomic E-state index is 12.4. The van der Waals surface area contributed by atoms with Gasteiger partial charge in [0.2, 0.25) is 5.91 Å². The van der Waals surface area contributed by atoms with Gasteiger partial charge in [0, 0.05) is 11.1 Å². The van der Waals surface area contributed by atoms with Gasteiger partial charge in [-0.1, -0.05) is 5.16 Å². The summed E-state index contributed by atoms with van der Waals surface area (Å²) >= 11 is 0. The molecule has 11 nitrogen and oxygen atoms in total. The number of imidazole rings is 1. The number of rotatable bonds is 4. The summed E-state index contributed by atoms with van der Waals surface area (Å²) in [5.41, 5.74) is 4.38. The summed E-state index contributed by atoms with van der Waals surface area (Å²) in [5, 5.41) is 11.5. The van der Waals surface area contributed by atoms with E-state index in [1.54, 1.807) is 11.0 Å². The Balaban J connectivity index is 1.55. The van der Waals surface area contributed by atoms with Gasteiger partial charge in [0.15, 0.2) is 11.5 Å². The van der Waals surface area contributed by atoms with Crippen LogP contribution in [0.2, 0.25) is 0 Å². The fraction of sp³-hybridized carbons (Fsp3) is 0.333. The van der Waals surface area contributed by atoms with Crippen LogP contribution in [0, 0.1) is 20.8 Å². The van der Waals surface area contributed by atoms with Gasteiger partial charge in [-0.05, 0) is 20.8 Å². The van der Waals surface area contributed by atoms with E-state index in [2.05, 4.69) is 35.5 Å². The number of nitrogens with zero attached hydrogens (tertiary/aromatic N) is 6. The zero-order chi connectivity index (χ0) is 20.1. The SMILES string of the molecule is Cc1noc(C)c1COC1CC(=O)Nc2c1c(C)nn2-c1ncnc2nc[nH]c12. The summed E-state index contributed by atoms with van der Waals surface area (Å²) in [6, 6.07) is 0. The number of hydrogen-bond donors (Lipinski definition) is 2. The molecule has 1 amide bonds. The maximum Gasteiger partial charge on any atom is 0.228 e. The number of aromatic nitrogens is 7. The van der Waals surface area contributed by atoms with Crippen molar-refractivity contribution in [3.05, 3.63) is 40.9 Å². The van der Waals surface area contributed by atoms with Crippen molar-refractivity contribution < 1.29 is 14.1 Å².